The topological polar surface area (TPSA) is 18.5 Å². The lowest BCUT2D eigenvalue weighted by atomic mass is 9.98. The van der Waals surface area contributed by atoms with Crippen molar-refractivity contribution in [3.05, 3.63) is 0 Å². The van der Waals surface area contributed by atoms with Gasteiger partial charge in [-0.05, 0) is 52.1 Å². The Morgan fingerprint density at radius 2 is 1.94 bits per heavy atom. The summed E-state index contributed by atoms with van der Waals surface area (Å²) >= 11 is 0. The fourth-order valence-corrected chi connectivity index (χ4v) is 3.64. The van der Waals surface area contributed by atoms with Crippen molar-refractivity contribution in [2.75, 3.05) is 33.2 Å². The zero-order valence-electron chi connectivity index (χ0n) is 11.4. The Kier molecular flexibility index (Phi) is 3.42. The monoisotopic (exact) mass is 237 g/mol. The molecule has 0 spiro atoms. The molecular weight excluding hydrogens is 210 g/mol. The molecule has 2 aliphatic heterocycles. The summed E-state index contributed by atoms with van der Waals surface area (Å²) in [5.74, 6) is 0.992. The number of rotatable bonds is 2. The van der Waals surface area contributed by atoms with Gasteiger partial charge in [-0.15, -0.1) is 0 Å². The van der Waals surface area contributed by atoms with Gasteiger partial charge in [0.05, 0.1) is 0 Å². The van der Waals surface area contributed by atoms with Crippen molar-refractivity contribution in [2.24, 2.45) is 5.92 Å². The fraction of sp³-hybridized carbons (Fsp3) is 1.00. The van der Waals surface area contributed by atoms with Gasteiger partial charge in [-0.3, -0.25) is 4.90 Å². The predicted octanol–water partition coefficient (Wildman–Crippen LogP) is 1.15. The van der Waals surface area contributed by atoms with Crippen molar-refractivity contribution in [3.63, 3.8) is 0 Å². The SMILES string of the molecule is CC1CNC(C2CC2)CN1C1CCCN(C)C1. The first-order chi connectivity index (χ1) is 8.24. The third-order valence-corrected chi connectivity index (χ3v) is 4.91. The second kappa shape index (κ2) is 4.87. The summed E-state index contributed by atoms with van der Waals surface area (Å²) in [5, 5.41) is 3.76. The lowest BCUT2D eigenvalue weighted by Gasteiger charge is -2.46. The number of hydrogen-bond acceptors (Lipinski definition) is 3. The van der Waals surface area contributed by atoms with Gasteiger partial charge in [0.25, 0.3) is 0 Å². The van der Waals surface area contributed by atoms with Crippen LogP contribution in [0.4, 0.5) is 0 Å². The van der Waals surface area contributed by atoms with Gasteiger partial charge in [0.1, 0.15) is 0 Å². The highest BCUT2D eigenvalue weighted by atomic mass is 15.3. The minimum Gasteiger partial charge on any atom is -0.311 e. The number of likely N-dealkylation sites (tertiary alicyclic amines) is 1. The number of nitrogens with one attached hydrogen (secondary N) is 1. The highest BCUT2D eigenvalue weighted by molar-refractivity contribution is 4.96. The summed E-state index contributed by atoms with van der Waals surface area (Å²) in [7, 11) is 2.28. The molecule has 3 aliphatic rings. The third kappa shape index (κ3) is 2.67. The van der Waals surface area contributed by atoms with Gasteiger partial charge in [0.2, 0.25) is 0 Å². The molecule has 3 unspecified atom stereocenters. The first-order valence-corrected chi connectivity index (χ1v) is 7.41. The molecule has 0 radical (unpaired) electrons. The van der Waals surface area contributed by atoms with Gasteiger partial charge in [-0.2, -0.15) is 0 Å². The summed E-state index contributed by atoms with van der Waals surface area (Å²) in [5.41, 5.74) is 0. The van der Waals surface area contributed by atoms with Crippen LogP contribution >= 0.6 is 0 Å². The lowest BCUT2D eigenvalue weighted by molar-refractivity contribution is 0.0452. The van der Waals surface area contributed by atoms with Crippen molar-refractivity contribution >= 4 is 0 Å². The largest absolute Gasteiger partial charge is 0.311 e. The number of piperazine rings is 1. The molecule has 0 aromatic rings. The maximum absolute atomic E-state index is 3.76. The zero-order chi connectivity index (χ0) is 11.8. The van der Waals surface area contributed by atoms with E-state index in [9.17, 15) is 0 Å². The summed E-state index contributed by atoms with van der Waals surface area (Å²) in [6.07, 6.45) is 5.72. The molecule has 98 valence electrons. The van der Waals surface area contributed by atoms with E-state index >= 15 is 0 Å². The average Bonchev–Trinajstić information content (AvgIpc) is 3.14. The van der Waals surface area contributed by atoms with Crippen molar-refractivity contribution in [2.45, 2.75) is 50.7 Å². The number of piperidine rings is 1. The zero-order valence-corrected chi connectivity index (χ0v) is 11.4. The van der Waals surface area contributed by atoms with E-state index in [4.69, 9.17) is 0 Å². The van der Waals surface area contributed by atoms with Crippen LogP contribution < -0.4 is 5.32 Å². The highest BCUT2D eigenvalue weighted by Crippen LogP contribution is 2.35. The molecule has 0 aromatic carbocycles. The maximum Gasteiger partial charge on any atom is 0.0227 e. The van der Waals surface area contributed by atoms with Crippen LogP contribution in [0.5, 0.6) is 0 Å². The predicted molar refractivity (Wildman–Crippen MR) is 71.2 cm³/mol. The first-order valence-electron chi connectivity index (χ1n) is 7.41. The van der Waals surface area contributed by atoms with E-state index < -0.39 is 0 Å². The highest BCUT2D eigenvalue weighted by Gasteiger charge is 2.38. The molecule has 0 aromatic heterocycles. The Morgan fingerprint density at radius 1 is 1.12 bits per heavy atom. The standard InChI is InChI=1S/C14H27N3/c1-11-8-15-14(12-5-6-12)10-17(11)13-4-3-7-16(2)9-13/h11-15H,3-10H2,1-2H3. The normalized spacial score (nSPS) is 41.6. The van der Waals surface area contributed by atoms with E-state index in [0.29, 0.717) is 0 Å². The minimum absolute atomic E-state index is 0.724. The minimum atomic E-state index is 0.724. The number of nitrogens with zero attached hydrogens (tertiary/aromatic N) is 2. The molecule has 3 atom stereocenters. The molecule has 3 nitrogen and oxygen atoms in total. The number of hydrogen-bond donors (Lipinski definition) is 1. The van der Waals surface area contributed by atoms with Crippen LogP contribution in [-0.4, -0.2) is 61.2 Å². The first kappa shape index (κ1) is 11.9. The molecule has 1 N–H and O–H groups in total. The molecule has 3 rings (SSSR count). The Morgan fingerprint density at radius 3 is 2.65 bits per heavy atom. The quantitative estimate of drug-likeness (QED) is 0.777. The maximum atomic E-state index is 3.76. The van der Waals surface area contributed by atoms with Crippen LogP contribution in [0.15, 0.2) is 0 Å². The summed E-state index contributed by atoms with van der Waals surface area (Å²) < 4.78 is 0. The Labute approximate surface area is 106 Å². The Hall–Kier alpha value is -0.120. The van der Waals surface area contributed by atoms with Crippen molar-refractivity contribution in [3.8, 4) is 0 Å². The van der Waals surface area contributed by atoms with Gasteiger partial charge in [0.15, 0.2) is 0 Å². The van der Waals surface area contributed by atoms with Gasteiger partial charge in [0, 0.05) is 37.8 Å². The van der Waals surface area contributed by atoms with Crippen LogP contribution in [0, 0.1) is 5.92 Å². The van der Waals surface area contributed by atoms with Crippen LogP contribution in [0.3, 0.4) is 0 Å². The average molecular weight is 237 g/mol. The van der Waals surface area contributed by atoms with E-state index in [0.717, 1.165) is 24.0 Å². The van der Waals surface area contributed by atoms with E-state index in [2.05, 4.69) is 29.1 Å². The molecule has 3 fully saturated rings. The van der Waals surface area contributed by atoms with Crippen LogP contribution in [0.25, 0.3) is 0 Å². The van der Waals surface area contributed by atoms with Crippen molar-refractivity contribution < 1.29 is 0 Å². The van der Waals surface area contributed by atoms with Gasteiger partial charge < -0.3 is 10.2 Å². The summed E-state index contributed by atoms with van der Waals surface area (Å²) in [4.78, 5) is 5.31. The molecule has 2 saturated heterocycles. The van der Waals surface area contributed by atoms with E-state index in [1.807, 2.05) is 0 Å². The summed E-state index contributed by atoms with van der Waals surface area (Å²) in [6, 6.07) is 2.33. The van der Waals surface area contributed by atoms with E-state index in [1.165, 1.54) is 51.9 Å². The van der Waals surface area contributed by atoms with Gasteiger partial charge in [-0.25, -0.2) is 0 Å². The molecule has 0 amide bonds. The van der Waals surface area contributed by atoms with E-state index in [1.54, 1.807) is 0 Å². The fourth-order valence-electron chi connectivity index (χ4n) is 3.64. The summed E-state index contributed by atoms with van der Waals surface area (Å²) in [6.45, 7) is 7.46. The van der Waals surface area contributed by atoms with Crippen LogP contribution in [0.2, 0.25) is 0 Å². The smallest absolute Gasteiger partial charge is 0.0227 e. The Balaban J connectivity index is 1.62. The molecule has 0 bridgehead atoms. The second-order valence-corrected chi connectivity index (χ2v) is 6.46. The molecule has 3 heteroatoms. The van der Waals surface area contributed by atoms with Gasteiger partial charge in [-0.1, -0.05) is 0 Å². The molecule has 1 aliphatic carbocycles. The molecule has 17 heavy (non-hydrogen) atoms. The Bertz CT molecular complexity index is 264. The third-order valence-electron chi connectivity index (χ3n) is 4.91. The second-order valence-electron chi connectivity index (χ2n) is 6.46. The lowest BCUT2D eigenvalue weighted by Crippen LogP contribution is -2.61. The molecule has 2 heterocycles. The van der Waals surface area contributed by atoms with Crippen molar-refractivity contribution in [1.29, 1.82) is 0 Å². The van der Waals surface area contributed by atoms with Gasteiger partial charge >= 0.3 is 0 Å². The molecular formula is C14H27N3. The van der Waals surface area contributed by atoms with Crippen molar-refractivity contribution in [1.82, 2.24) is 15.1 Å². The van der Waals surface area contributed by atoms with Crippen LogP contribution in [-0.2, 0) is 0 Å². The van der Waals surface area contributed by atoms with Crippen LogP contribution in [0.1, 0.15) is 32.6 Å². The molecule has 1 saturated carbocycles. The van der Waals surface area contributed by atoms with E-state index in [-0.39, 0.29) is 0 Å². The number of likely N-dealkylation sites (N-methyl/N-ethyl adjacent to an activating group) is 1.